The number of fused-ring (bicyclic) bond motifs is 3. The van der Waals surface area contributed by atoms with E-state index in [1.165, 1.54) is 19.0 Å². The quantitative estimate of drug-likeness (QED) is 0.165. The molecule has 0 radical (unpaired) electrons. The molecule has 0 bridgehead atoms. The number of halogens is 1. The summed E-state index contributed by atoms with van der Waals surface area (Å²) in [6.07, 6.45) is -1.70. The number of carbonyl (C=O) groups is 3. The Balaban J connectivity index is 2.08. The Hall–Kier alpha value is -3.12. The number of nitrogens with two attached hydrogens (primary N) is 2. The second kappa shape index (κ2) is 7.44. The summed E-state index contributed by atoms with van der Waals surface area (Å²) in [5.74, 6) is -9.81. The van der Waals surface area contributed by atoms with E-state index in [-0.39, 0.29) is 21.8 Å². The number of rotatable bonds is 2. The number of carbonyl (C=O) groups excluding carboxylic acids is 3. The Morgan fingerprint density at radius 2 is 1.79 bits per heavy atom. The molecule has 2 unspecified atom stereocenters. The van der Waals surface area contributed by atoms with Crippen LogP contribution in [0.1, 0.15) is 28.8 Å². The Labute approximate surface area is 198 Å². The lowest BCUT2D eigenvalue weighted by molar-refractivity contribution is -0.162. The monoisotopic (exact) mass is 493 g/mol. The highest BCUT2D eigenvalue weighted by Crippen LogP contribution is 2.56. The first kappa shape index (κ1) is 24.0. The maximum atomic E-state index is 13.5. The zero-order valence-corrected chi connectivity index (χ0v) is 19.2. The van der Waals surface area contributed by atoms with Gasteiger partial charge in [0, 0.05) is 17.6 Å². The van der Waals surface area contributed by atoms with Gasteiger partial charge >= 0.3 is 0 Å². The van der Waals surface area contributed by atoms with E-state index >= 15 is 0 Å². The smallest absolute Gasteiger partial charge is 0.255 e. The molecular weight excluding hydrogens is 470 g/mol. The van der Waals surface area contributed by atoms with Crippen molar-refractivity contribution in [1.29, 1.82) is 0 Å². The van der Waals surface area contributed by atoms with E-state index in [1.807, 2.05) is 0 Å². The fourth-order valence-corrected chi connectivity index (χ4v) is 5.97. The number of phenolic OH excluding ortho intramolecular Hbond substituents is 1. The largest absolute Gasteiger partial charge is 0.510 e. The molecule has 9 N–H and O–H groups in total. The van der Waals surface area contributed by atoms with Crippen LogP contribution in [0.2, 0.25) is 5.02 Å². The van der Waals surface area contributed by atoms with Gasteiger partial charge in [0.1, 0.15) is 22.8 Å². The number of hydrogen-bond donors (Lipinski definition) is 7. The van der Waals surface area contributed by atoms with Crippen molar-refractivity contribution in [3.05, 3.63) is 44.9 Å². The van der Waals surface area contributed by atoms with Crippen LogP contribution in [0, 0.1) is 11.8 Å². The van der Waals surface area contributed by atoms with Crippen molar-refractivity contribution in [1.82, 2.24) is 4.90 Å². The van der Waals surface area contributed by atoms with Gasteiger partial charge in [-0.3, -0.25) is 19.3 Å². The molecule has 0 aromatic heterocycles. The van der Waals surface area contributed by atoms with E-state index in [0.717, 1.165) is 6.07 Å². The van der Waals surface area contributed by atoms with E-state index < -0.39 is 81.4 Å². The van der Waals surface area contributed by atoms with E-state index in [9.17, 15) is 39.9 Å². The zero-order chi connectivity index (χ0) is 25.6. The number of aliphatic hydroxyl groups is 4. The van der Waals surface area contributed by atoms with Crippen molar-refractivity contribution < 1.29 is 39.9 Å². The molecule has 3 aliphatic carbocycles. The molecule has 4 rings (SSSR count). The van der Waals surface area contributed by atoms with Crippen LogP contribution in [-0.4, -0.2) is 79.7 Å². The average molecular weight is 494 g/mol. The minimum atomic E-state index is -2.96. The number of amides is 1. The van der Waals surface area contributed by atoms with Crippen molar-refractivity contribution >= 4 is 34.8 Å². The molecule has 6 atom stereocenters. The SMILES string of the molecule is C[C@H]1c2c(N)c(Cl)cc(O)c2C(=O)C2=C(O)[C@]3(O)C(=O)C(C(N)=O)=C(O)[C@@H](N(C)C)C3[C@@H](O)C21. The number of nitrogens with zero attached hydrogens (tertiary/aromatic N) is 1. The lowest BCUT2D eigenvalue weighted by atomic mass is 9.55. The molecular formula is C22H24ClN3O8. The third-order valence-electron chi connectivity index (χ3n) is 7.22. The Bertz CT molecular complexity index is 1240. The van der Waals surface area contributed by atoms with Crippen LogP contribution >= 0.6 is 11.6 Å². The third-order valence-corrected chi connectivity index (χ3v) is 7.53. The summed E-state index contributed by atoms with van der Waals surface area (Å²) < 4.78 is 0. The van der Waals surface area contributed by atoms with Gasteiger partial charge in [-0.05, 0) is 25.6 Å². The second-order valence-corrected chi connectivity index (χ2v) is 9.54. The van der Waals surface area contributed by atoms with Crippen molar-refractivity contribution in [2.75, 3.05) is 19.8 Å². The molecule has 0 fully saturated rings. The molecule has 0 saturated carbocycles. The van der Waals surface area contributed by atoms with Gasteiger partial charge < -0.3 is 37.0 Å². The second-order valence-electron chi connectivity index (χ2n) is 9.13. The van der Waals surface area contributed by atoms with Gasteiger partial charge in [0.05, 0.1) is 34.3 Å². The van der Waals surface area contributed by atoms with Crippen molar-refractivity contribution in [2.45, 2.75) is 30.6 Å². The van der Waals surface area contributed by atoms with E-state index in [1.54, 1.807) is 6.92 Å². The van der Waals surface area contributed by atoms with E-state index in [0.29, 0.717) is 0 Å². The van der Waals surface area contributed by atoms with Gasteiger partial charge in [0.25, 0.3) is 5.91 Å². The maximum Gasteiger partial charge on any atom is 0.255 e. The van der Waals surface area contributed by atoms with Gasteiger partial charge in [0.15, 0.2) is 11.4 Å². The number of Topliss-reactive ketones (excluding diaryl/α,β-unsaturated/α-hetero) is 2. The van der Waals surface area contributed by atoms with Crippen LogP contribution in [-0.2, 0) is 9.59 Å². The molecule has 12 heteroatoms. The number of hydrogen-bond acceptors (Lipinski definition) is 10. The van der Waals surface area contributed by atoms with E-state index in [4.69, 9.17) is 23.1 Å². The maximum absolute atomic E-state index is 13.5. The standard InChI is InChI=1S/C22H24ClN3O8/c1-5-8-10(7(27)4-6(23)14(8)24)16(28)11-9(5)17(29)13-15(26(2)3)18(30)12(21(25)33)20(32)22(13,34)19(11)31/h4-5,9,13,15,17,27,29-31,34H,24H2,1-3H3,(H2,25,33)/t5-,9?,13?,15-,17-,22-/m0/s1. The van der Waals surface area contributed by atoms with Crippen LogP contribution in [0.25, 0.3) is 0 Å². The molecule has 3 aliphatic rings. The van der Waals surface area contributed by atoms with Crippen LogP contribution in [0.15, 0.2) is 28.7 Å². The Kier molecular flexibility index (Phi) is 5.26. The van der Waals surface area contributed by atoms with Gasteiger partial charge in [0.2, 0.25) is 5.78 Å². The number of aromatic hydroxyl groups is 1. The summed E-state index contributed by atoms with van der Waals surface area (Å²) in [5, 5.41) is 55.4. The molecule has 1 amide bonds. The number of nitrogen functional groups attached to an aromatic ring is 1. The molecule has 0 aliphatic heterocycles. The van der Waals surface area contributed by atoms with Gasteiger partial charge in [-0.2, -0.15) is 0 Å². The molecule has 0 saturated heterocycles. The molecule has 34 heavy (non-hydrogen) atoms. The van der Waals surface area contributed by atoms with Crippen LogP contribution in [0.4, 0.5) is 5.69 Å². The van der Waals surface area contributed by atoms with Crippen molar-refractivity contribution in [2.24, 2.45) is 17.6 Å². The third kappa shape index (κ3) is 2.72. The molecule has 1 aromatic carbocycles. The number of benzene rings is 1. The molecule has 182 valence electrons. The van der Waals surface area contributed by atoms with Crippen LogP contribution in [0.3, 0.4) is 0 Å². The summed E-state index contributed by atoms with van der Waals surface area (Å²) in [7, 11) is 2.92. The predicted molar refractivity (Wildman–Crippen MR) is 119 cm³/mol. The van der Waals surface area contributed by atoms with Crippen LogP contribution in [0.5, 0.6) is 5.75 Å². The van der Waals surface area contributed by atoms with Gasteiger partial charge in [-0.1, -0.05) is 18.5 Å². The summed E-state index contributed by atoms with van der Waals surface area (Å²) in [6.45, 7) is 1.57. The topological polar surface area (TPSA) is 208 Å². The normalized spacial score (nSPS) is 33.1. The lowest BCUT2D eigenvalue weighted by Crippen LogP contribution is -2.68. The van der Waals surface area contributed by atoms with Gasteiger partial charge in [-0.25, -0.2) is 0 Å². The summed E-state index contributed by atoms with van der Waals surface area (Å²) in [4.78, 5) is 40.1. The number of anilines is 1. The predicted octanol–water partition coefficient (Wildman–Crippen LogP) is -0.112. The van der Waals surface area contributed by atoms with Crippen molar-refractivity contribution in [3.63, 3.8) is 0 Å². The fraction of sp³-hybridized carbons (Fsp3) is 0.409. The Morgan fingerprint density at radius 1 is 1.21 bits per heavy atom. The molecule has 0 spiro atoms. The summed E-state index contributed by atoms with van der Waals surface area (Å²) >= 11 is 6.09. The highest BCUT2D eigenvalue weighted by Gasteiger charge is 2.67. The first-order valence-electron chi connectivity index (χ1n) is 10.3. The Morgan fingerprint density at radius 3 is 2.32 bits per heavy atom. The minimum Gasteiger partial charge on any atom is -0.510 e. The first-order valence-corrected chi connectivity index (χ1v) is 10.7. The minimum absolute atomic E-state index is 0.00969. The van der Waals surface area contributed by atoms with Crippen molar-refractivity contribution in [3.8, 4) is 5.75 Å². The van der Waals surface area contributed by atoms with Crippen LogP contribution < -0.4 is 11.5 Å². The van der Waals surface area contributed by atoms with E-state index in [2.05, 4.69) is 0 Å². The molecule has 0 heterocycles. The highest BCUT2D eigenvalue weighted by atomic mass is 35.5. The lowest BCUT2D eigenvalue weighted by Gasteiger charge is -2.53. The molecule has 11 nitrogen and oxygen atoms in total. The first-order chi connectivity index (χ1) is 15.7. The molecule has 1 aromatic rings. The zero-order valence-electron chi connectivity index (χ0n) is 18.4. The fourth-order valence-electron chi connectivity index (χ4n) is 5.77. The number of aliphatic hydroxyl groups excluding tert-OH is 3. The van der Waals surface area contributed by atoms with Gasteiger partial charge in [-0.15, -0.1) is 0 Å². The number of primary amides is 1. The summed E-state index contributed by atoms with van der Waals surface area (Å²) in [5.41, 5.74) is 6.78. The average Bonchev–Trinajstić information content (AvgIpc) is 2.73. The number of ketones is 2. The number of phenols is 1. The summed E-state index contributed by atoms with van der Waals surface area (Å²) in [6, 6.07) is -0.285. The highest BCUT2D eigenvalue weighted by molar-refractivity contribution is 6.34. The number of likely N-dealkylation sites (N-methyl/N-ethyl adjacent to an activating group) is 1.